The molecular weight excluding hydrogens is 218 g/mol. The number of hydrogen-bond acceptors (Lipinski definition) is 1. The van der Waals surface area contributed by atoms with Gasteiger partial charge in [-0.05, 0) is 37.3 Å². The Morgan fingerprint density at radius 2 is 2.11 bits per heavy atom. The predicted molar refractivity (Wildman–Crippen MR) is 76.2 cm³/mol. The van der Waals surface area contributed by atoms with Crippen LogP contribution >= 0.6 is 0 Å². The summed E-state index contributed by atoms with van der Waals surface area (Å²) in [7, 11) is 0. The highest BCUT2D eigenvalue weighted by Gasteiger charge is 2.42. The van der Waals surface area contributed by atoms with E-state index in [1.54, 1.807) is 0 Å². The quantitative estimate of drug-likeness (QED) is 0.610. The molecule has 1 aromatic rings. The first-order valence-electron chi connectivity index (χ1n) is 6.91. The molecule has 1 fully saturated rings. The minimum absolute atomic E-state index is 0.328. The Bertz CT molecular complexity index is 460. The number of allylic oxidation sites excluding steroid dienone is 3. The van der Waals surface area contributed by atoms with Crippen molar-refractivity contribution in [1.29, 1.82) is 0 Å². The van der Waals surface area contributed by atoms with Crippen molar-refractivity contribution in [3.8, 4) is 0 Å². The van der Waals surface area contributed by atoms with Crippen LogP contribution in [0.5, 0.6) is 0 Å². The highest BCUT2D eigenvalue weighted by Crippen LogP contribution is 2.53. The van der Waals surface area contributed by atoms with Gasteiger partial charge in [0.25, 0.3) is 0 Å². The van der Waals surface area contributed by atoms with E-state index in [0.717, 1.165) is 19.0 Å². The smallest absolute Gasteiger partial charge is 0.0205 e. The molecule has 0 amide bonds. The van der Waals surface area contributed by atoms with Gasteiger partial charge in [0.15, 0.2) is 0 Å². The summed E-state index contributed by atoms with van der Waals surface area (Å²) >= 11 is 0. The number of rotatable bonds is 5. The van der Waals surface area contributed by atoms with Crippen LogP contribution in [0.15, 0.2) is 54.6 Å². The highest BCUT2D eigenvalue weighted by atomic mass is 14.8. The van der Waals surface area contributed by atoms with Crippen molar-refractivity contribution in [3.05, 3.63) is 60.2 Å². The van der Waals surface area contributed by atoms with Gasteiger partial charge in [-0.25, -0.2) is 0 Å². The summed E-state index contributed by atoms with van der Waals surface area (Å²) in [5, 5.41) is 3.55. The lowest BCUT2D eigenvalue weighted by Crippen LogP contribution is -2.23. The van der Waals surface area contributed by atoms with E-state index in [0.29, 0.717) is 5.41 Å². The van der Waals surface area contributed by atoms with Crippen molar-refractivity contribution in [2.45, 2.75) is 25.8 Å². The van der Waals surface area contributed by atoms with E-state index in [9.17, 15) is 0 Å². The zero-order valence-corrected chi connectivity index (χ0v) is 10.9. The molecule has 0 radical (unpaired) electrons. The van der Waals surface area contributed by atoms with Crippen LogP contribution in [-0.2, 0) is 6.54 Å². The Hall–Kier alpha value is -1.34. The molecule has 18 heavy (non-hydrogen) atoms. The van der Waals surface area contributed by atoms with Gasteiger partial charge in [0, 0.05) is 12.0 Å². The predicted octanol–water partition coefficient (Wildman–Crippen LogP) is 3.69. The molecule has 1 N–H and O–H groups in total. The maximum absolute atomic E-state index is 4.27. The summed E-state index contributed by atoms with van der Waals surface area (Å²) in [6.07, 6.45) is 8.53. The zero-order chi connectivity index (χ0) is 12.4. The van der Waals surface area contributed by atoms with Crippen LogP contribution in [0, 0.1) is 11.3 Å². The first-order chi connectivity index (χ1) is 8.78. The van der Waals surface area contributed by atoms with Gasteiger partial charge in [0.05, 0.1) is 0 Å². The Morgan fingerprint density at radius 3 is 2.78 bits per heavy atom. The lowest BCUT2D eigenvalue weighted by atomic mass is 9.81. The molecule has 0 heterocycles. The second-order valence-corrected chi connectivity index (χ2v) is 5.70. The van der Waals surface area contributed by atoms with E-state index in [1.165, 1.54) is 30.4 Å². The first kappa shape index (κ1) is 11.7. The minimum atomic E-state index is 0.328. The van der Waals surface area contributed by atoms with Crippen LogP contribution < -0.4 is 5.32 Å². The SMILES string of the molecule is C=C1C[C@H]2C=C[C@]1(CCNCc1ccccc1)C2. The van der Waals surface area contributed by atoms with Gasteiger partial charge in [-0.3, -0.25) is 0 Å². The molecule has 2 atom stereocenters. The van der Waals surface area contributed by atoms with Gasteiger partial charge in [0.2, 0.25) is 0 Å². The van der Waals surface area contributed by atoms with Gasteiger partial charge in [0.1, 0.15) is 0 Å². The fourth-order valence-electron chi connectivity index (χ4n) is 3.35. The average molecular weight is 239 g/mol. The molecule has 0 spiro atoms. The fourth-order valence-corrected chi connectivity index (χ4v) is 3.35. The summed E-state index contributed by atoms with van der Waals surface area (Å²) in [5.74, 6) is 0.784. The fraction of sp³-hybridized carbons (Fsp3) is 0.412. The van der Waals surface area contributed by atoms with Crippen molar-refractivity contribution in [1.82, 2.24) is 5.32 Å². The Labute approximate surface area is 110 Å². The van der Waals surface area contributed by atoms with Crippen LogP contribution in [0.3, 0.4) is 0 Å². The maximum Gasteiger partial charge on any atom is 0.0205 e. The highest BCUT2D eigenvalue weighted by molar-refractivity contribution is 5.32. The normalized spacial score (nSPS) is 29.1. The van der Waals surface area contributed by atoms with E-state index in [2.05, 4.69) is 54.4 Å². The van der Waals surface area contributed by atoms with E-state index in [4.69, 9.17) is 0 Å². The summed E-state index contributed by atoms with van der Waals surface area (Å²) in [6.45, 7) is 6.31. The molecule has 0 aliphatic heterocycles. The number of benzene rings is 1. The van der Waals surface area contributed by atoms with E-state index < -0.39 is 0 Å². The van der Waals surface area contributed by atoms with Gasteiger partial charge in [-0.15, -0.1) is 0 Å². The average Bonchev–Trinajstić information content (AvgIpc) is 2.93. The van der Waals surface area contributed by atoms with Crippen LogP contribution in [0.1, 0.15) is 24.8 Å². The van der Waals surface area contributed by atoms with Crippen molar-refractivity contribution >= 4 is 0 Å². The van der Waals surface area contributed by atoms with E-state index in [1.807, 2.05) is 0 Å². The number of nitrogens with one attached hydrogen (secondary N) is 1. The van der Waals surface area contributed by atoms with Crippen molar-refractivity contribution in [2.24, 2.45) is 11.3 Å². The second kappa shape index (κ2) is 4.74. The topological polar surface area (TPSA) is 12.0 Å². The molecule has 0 aromatic heterocycles. The molecule has 0 unspecified atom stereocenters. The lowest BCUT2D eigenvalue weighted by Gasteiger charge is -2.26. The van der Waals surface area contributed by atoms with Crippen molar-refractivity contribution in [3.63, 3.8) is 0 Å². The Kier molecular flexibility index (Phi) is 3.09. The molecule has 3 rings (SSSR count). The molecular formula is C17H21N. The van der Waals surface area contributed by atoms with Crippen LogP contribution in [0.25, 0.3) is 0 Å². The Balaban J connectivity index is 1.48. The van der Waals surface area contributed by atoms with Gasteiger partial charge in [-0.2, -0.15) is 0 Å². The van der Waals surface area contributed by atoms with E-state index in [-0.39, 0.29) is 0 Å². The third-order valence-corrected chi connectivity index (χ3v) is 4.45. The third kappa shape index (κ3) is 2.15. The molecule has 1 heteroatoms. The monoisotopic (exact) mass is 239 g/mol. The molecule has 2 aliphatic carbocycles. The molecule has 1 aromatic carbocycles. The van der Waals surface area contributed by atoms with Crippen molar-refractivity contribution < 1.29 is 0 Å². The minimum Gasteiger partial charge on any atom is -0.313 e. The molecule has 2 bridgehead atoms. The number of fused-ring (bicyclic) bond motifs is 2. The van der Waals surface area contributed by atoms with Crippen LogP contribution in [0.2, 0.25) is 0 Å². The van der Waals surface area contributed by atoms with Crippen LogP contribution in [0.4, 0.5) is 0 Å². The zero-order valence-electron chi connectivity index (χ0n) is 10.9. The van der Waals surface area contributed by atoms with Crippen molar-refractivity contribution in [2.75, 3.05) is 6.54 Å². The summed E-state index contributed by atoms with van der Waals surface area (Å²) in [4.78, 5) is 0. The standard InChI is InChI=1S/C17H21N/c1-14-11-16-7-8-17(14,12-16)9-10-18-13-15-5-3-2-4-6-15/h2-8,16,18H,1,9-13H2/t16-,17+/m1/s1. The number of hydrogen-bond donors (Lipinski definition) is 1. The van der Waals surface area contributed by atoms with E-state index >= 15 is 0 Å². The summed E-state index contributed by atoms with van der Waals surface area (Å²) in [5.41, 5.74) is 3.14. The molecule has 94 valence electrons. The molecule has 1 nitrogen and oxygen atoms in total. The molecule has 1 saturated carbocycles. The van der Waals surface area contributed by atoms with Crippen LogP contribution in [-0.4, -0.2) is 6.54 Å². The summed E-state index contributed by atoms with van der Waals surface area (Å²) in [6, 6.07) is 10.6. The third-order valence-electron chi connectivity index (χ3n) is 4.45. The van der Waals surface area contributed by atoms with Gasteiger partial charge < -0.3 is 5.32 Å². The molecule has 0 saturated heterocycles. The first-order valence-corrected chi connectivity index (χ1v) is 6.91. The molecule has 2 aliphatic rings. The second-order valence-electron chi connectivity index (χ2n) is 5.70. The van der Waals surface area contributed by atoms with Gasteiger partial charge >= 0.3 is 0 Å². The lowest BCUT2D eigenvalue weighted by molar-refractivity contribution is 0.422. The largest absolute Gasteiger partial charge is 0.313 e. The Morgan fingerprint density at radius 1 is 1.28 bits per heavy atom. The summed E-state index contributed by atoms with van der Waals surface area (Å²) < 4.78 is 0. The maximum atomic E-state index is 4.27. The van der Waals surface area contributed by atoms with Gasteiger partial charge in [-0.1, -0.05) is 54.6 Å².